The first-order valence-electron chi connectivity index (χ1n) is 8.82. The zero-order valence-corrected chi connectivity index (χ0v) is 15.5. The molecule has 1 aromatic carbocycles. The van der Waals surface area contributed by atoms with Crippen LogP contribution in [0, 0.1) is 5.92 Å². The highest BCUT2D eigenvalue weighted by Crippen LogP contribution is 2.29. The van der Waals surface area contributed by atoms with Gasteiger partial charge in [-0.2, -0.15) is 0 Å². The number of carboxylic acids is 1. The van der Waals surface area contributed by atoms with Gasteiger partial charge in [0.25, 0.3) is 5.91 Å². The van der Waals surface area contributed by atoms with E-state index in [1.54, 1.807) is 30.2 Å². The number of rotatable bonds is 7. The highest BCUT2D eigenvalue weighted by molar-refractivity contribution is 5.97. The van der Waals surface area contributed by atoms with Crippen LogP contribution in [0.25, 0.3) is 0 Å². The Hall–Kier alpha value is -2.28. The maximum absolute atomic E-state index is 12.9. The van der Waals surface area contributed by atoms with E-state index in [0.717, 1.165) is 6.42 Å². The Balaban J connectivity index is 2.13. The van der Waals surface area contributed by atoms with Gasteiger partial charge in [-0.25, -0.2) is 4.79 Å². The van der Waals surface area contributed by atoms with E-state index in [1.807, 2.05) is 0 Å². The smallest absolute Gasteiger partial charge is 0.335 e. The SMILES string of the molecule is COc1ccc(C(=O)N2CCC(O)(C(=O)O)CC2)c(OCCC(C)C)c1. The van der Waals surface area contributed by atoms with Crippen LogP contribution in [-0.2, 0) is 4.79 Å². The lowest BCUT2D eigenvalue weighted by atomic mass is 9.91. The molecule has 0 unspecified atom stereocenters. The number of piperidine rings is 1. The summed E-state index contributed by atoms with van der Waals surface area (Å²) in [7, 11) is 1.55. The van der Waals surface area contributed by atoms with Gasteiger partial charge in [0, 0.05) is 32.0 Å². The zero-order chi connectivity index (χ0) is 19.3. The minimum Gasteiger partial charge on any atom is -0.497 e. The van der Waals surface area contributed by atoms with Gasteiger partial charge >= 0.3 is 5.97 Å². The van der Waals surface area contributed by atoms with Crippen molar-refractivity contribution in [3.05, 3.63) is 23.8 Å². The van der Waals surface area contributed by atoms with Crippen LogP contribution in [0.1, 0.15) is 43.5 Å². The van der Waals surface area contributed by atoms with Crippen LogP contribution in [0.4, 0.5) is 0 Å². The van der Waals surface area contributed by atoms with Crippen LogP contribution in [-0.4, -0.2) is 59.4 Å². The number of likely N-dealkylation sites (tertiary alicyclic amines) is 1. The highest BCUT2D eigenvalue weighted by Gasteiger charge is 2.40. The van der Waals surface area contributed by atoms with E-state index in [1.165, 1.54) is 0 Å². The van der Waals surface area contributed by atoms with Gasteiger partial charge in [0.15, 0.2) is 5.60 Å². The van der Waals surface area contributed by atoms with Crippen molar-refractivity contribution in [3.63, 3.8) is 0 Å². The normalized spacial score (nSPS) is 16.4. The van der Waals surface area contributed by atoms with Crippen LogP contribution in [0.2, 0.25) is 0 Å². The molecule has 0 spiro atoms. The minimum atomic E-state index is -1.76. The lowest BCUT2D eigenvalue weighted by molar-refractivity contribution is -0.162. The number of ether oxygens (including phenoxy) is 2. The second kappa shape index (κ2) is 8.40. The Morgan fingerprint density at radius 2 is 1.92 bits per heavy atom. The fraction of sp³-hybridized carbons (Fsp3) is 0.579. The van der Waals surface area contributed by atoms with Gasteiger partial charge in [0.1, 0.15) is 11.5 Å². The van der Waals surface area contributed by atoms with Crippen molar-refractivity contribution in [2.45, 2.75) is 38.7 Å². The lowest BCUT2D eigenvalue weighted by Crippen LogP contribution is -2.50. The molecule has 1 amide bonds. The van der Waals surface area contributed by atoms with E-state index >= 15 is 0 Å². The second-order valence-electron chi connectivity index (χ2n) is 7.02. The van der Waals surface area contributed by atoms with E-state index in [9.17, 15) is 14.7 Å². The van der Waals surface area contributed by atoms with Crippen molar-refractivity contribution in [2.24, 2.45) is 5.92 Å². The molecule has 0 aliphatic carbocycles. The van der Waals surface area contributed by atoms with Crippen molar-refractivity contribution in [2.75, 3.05) is 26.8 Å². The van der Waals surface area contributed by atoms with E-state index in [0.29, 0.717) is 29.6 Å². The van der Waals surface area contributed by atoms with E-state index < -0.39 is 11.6 Å². The molecule has 1 aliphatic heterocycles. The Kier molecular flexibility index (Phi) is 6.47. The van der Waals surface area contributed by atoms with E-state index in [2.05, 4.69) is 13.8 Å². The van der Waals surface area contributed by atoms with Crippen LogP contribution in [0.15, 0.2) is 18.2 Å². The molecule has 0 bridgehead atoms. The fourth-order valence-electron chi connectivity index (χ4n) is 2.79. The Morgan fingerprint density at radius 3 is 2.46 bits per heavy atom. The molecule has 1 heterocycles. The molecule has 0 saturated carbocycles. The maximum Gasteiger partial charge on any atom is 0.335 e. The quantitative estimate of drug-likeness (QED) is 0.769. The maximum atomic E-state index is 12.9. The molecule has 2 N–H and O–H groups in total. The van der Waals surface area contributed by atoms with Gasteiger partial charge in [0.2, 0.25) is 0 Å². The fourth-order valence-corrected chi connectivity index (χ4v) is 2.79. The Morgan fingerprint density at radius 1 is 1.27 bits per heavy atom. The van der Waals surface area contributed by atoms with Gasteiger partial charge < -0.3 is 24.6 Å². The van der Waals surface area contributed by atoms with Crippen LogP contribution < -0.4 is 9.47 Å². The number of amides is 1. The van der Waals surface area contributed by atoms with Crippen LogP contribution in [0.3, 0.4) is 0 Å². The second-order valence-corrected chi connectivity index (χ2v) is 7.02. The number of benzene rings is 1. The number of hydrogen-bond donors (Lipinski definition) is 2. The number of aliphatic carboxylic acids is 1. The number of carboxylic acid groups (broad SMARTS) is 1. The van der Waals surface area contributed by atoms with Gasteiger partial charge in [-0.15, -0.1) is 0 Å². The molecule has 1 fully saturated rings. The van der Waals surface area contributed by atoms with Crippen molar-refractivity contribution in [3.8, 4) is 11.5 Å². The molecular weight excluding hydrogens is 338 g/mol. The average molecular weight is 365 g/mol. The number of carbonyl (C=O) groups excluding carboxylic acids is 1. The third kappa shape index (κ3) is 4.66. The molecule has 26 heavy (non-hydrogen) atoms. The van der Waals surface area contributed by atoms with Crippen molar-refractivity contribution in [1.29, 1.82) is 0 Å². The molecule has 1 saturated heterocycles. The van der Waals surface area contributed by atoms with Crippen molar-refractivity contribution < 1.29 is 29.3 Å². The molecule has 0 radical (unpaired) electrons. The third-order valence-corrected chi connectivity index (χ3v) is 4.65. The van der Waals surface area contributed by atoms with Gasteiger partial charge in [-0.3, -0.25) is 4.79 Å². The summed E-state index contributed by atoms with van der Waals surface area (Å²) in [6, 6.07) is 5.04. The predicted octanol–water partition coefficient (Wildman–Crippen LogP) is 2.17. The summed E-state index contributed by atoms with van der Waals surface area (Å²) in [4.78, 5) is 25.6. The molecular formula is C19H27NO6. The Labute approximate surface area is 153 Å². The largest absolute Gasteiger partial charge is 0.497 e. The average Bonchev–Trinajstić information content (AvgIpc) is 2.61. The Bertz CT molecular complexity index is 649. The number of methoxy groups -OCH3 is 1. The lowest BCUT2D eigenvalue weighted by Gasteiger charge is -2.35. The van der Waals surface area contributed by atoms with Crippen molar-refractivity contribution >= 4 is 11.9 Å². The van der Waals surface area contributed by atoms with Gasteiger partial charge in [-0.1, -0.05) is 13.8 Å². The molecule has 1 aliphatic rings. The molecule has 144 valence electrons. The topological polar surface area (TPSA) is 96.3 Å². The first-order chi connectivity index (χ1) is 12.3. The molecule has 7 heteroatoms. The van der Waals surface area contributed by atoms with E-state index in [4.69, 9.17) is 14.6 Å². The molecule has 1 aromatic rings. The number of hydrogen-bond acceptors (Lipinski definition) is 5. The summed E-state index contributed by atoms with van der Waals surface area (Å²) in [6.45, 7) is 5.04. The van der Waals surface area contributed by atoms with Crippen LogP contribution in [0.5, 0.6) is 11.5 Å². The standard InChI is InChI=1S/C19H27NO6/c1-13(2)6-11-26-16-12-14(25-3)4-5-15(16)17(21)20-9-7-19(24,8-10-20)18(22)23/h4-5,12-13,24H,6-11H2,1-3H3,(H,22,23). The predicted molar refractivity (Wildman–Crippen MR) is 95.7 cm³/mol. The summed E-state index contributed by atoms with van der Waals surface area (Å²) in [6.07, 6.45) is 0.877. The summed E-state index contributed by atoms with van der Waals surface area (Å²) < 4.78 is 11.0. The minimum absolute atomic E-state index is 0.00771. The van der Waals surface area contributed by atoms with Crippen LogP contribution >= 0.6 is 0 Å². The molecule has 0 atom stereocenters. The van der Waals surface area contributed by atoms with E-state index in [-0.39, 0.29) is 31.8 Å². The van der Waals surface area contributed by atoms with Crippen molar-refractivity contribution in [1.82, 2.24) is 4.90 Å². The van der Waals surface area contributed by atoms with Gasteiger partial charge in [-0.05, 0) is 24.5 Å². The zero-order valence-electron chi connectivity index (χ0n) is 15.5. The summed E-state index contributed by atoms with van der Waals surface area (Å²) in [5.41, 5.74) is -1.34. The number of nitrogens with zero attached hydrogens (tertiary/aromatic N) is 1. The summed E-state index contributed by atoms with van der Waals surface area (Å²) in [5.74, 6) is 0.0519. The summed E-state index contributed by atoms with van der Waals surface area (Å²) >= 11 is 0. The first kappa shape index (κ1) is 20.0. The van der Waals surface area contributed by atoms with Gasteiger partial charge in [0.05, 0.1) is 19.3 Å². The summed E-state index contributed by atoms with van der Waals surface area (Å²) in [5, 5.41) is 19.1. The number of aliphatic hydroxyl groups is 1. The molecule has 7 nitrogen and oxygen atoms in total. The molecule has 2 rings (SSSR count). The highest BCUT2D eigenvalue weighted by atomic mass is 16.5. The molecule has 0 aromatic heterocycles. The third-order valence-electron chi connectivity index (χ3n) is 4.65. The monoisotopic (exact) mass is 365 g/mol. The number of carbonyl (C=O) groups is 2. The first-order valence-corrected chi connectivity index (χ1v) is 8.82.